The first-order chi connectivity index (χ1) is 14.8. The molecule has 31 heavy (non-hydrogen) atoms. The van der Waals surface area contributed by atoms with E-state index in [-0.39, 0.29) is 12.0 Å². The zero-order valence-corrected chi connectivity index (χ0v) is 18.9. The number of anilines is 1. The molecule has 0 aromatic carbocycles. The van der Waals surface area contributed by atoms with Gasteiger partial charge in [-0.2, -0.15) is 0 Å². The van der Waals surface area contributed by atoms with Gasteiger partial charge in [-0.25, -0.2) is 20.0 Å². The van der Waals surface area contributed by atoms with Crippen LogP contribution in [0.15, 0.2) is 40.5 Å². The molecule has 1 amide bonds. The number of hydrogen-bond donors (Lipinski definition) is 3. The van der Waals surface area contributed by atoms with Crippen LogP contribution in [0, 0.1) is 12.8 Å². The molecule has 9 nitrogen and oxygen atoms in total. The summed E-state index contributed by atoms with van der Waals surface area (Å²) >= 11 is 0. The topological polar surface area (TPSA) is 113 Å². The van der Waals surface area contributed by atoms with Crippen LogP contribution in [0.3, 0.4) is 0 Å². The second kappa shape index (κ2) is 11.9. The molecule has 0 radical (unpaired) electrons. The maximum absolute atomic E-state index is 12.6. The van der Waals surface area contributed by atoms with Crippen molar-refractivity contribution in [2.24, 2.45) is 15.9 Å². The molecule has 1 saturated heterocycles. The van der Waals surface area contributed by atoms with Gasteiger partial charge in [0.1, 0.15) is 23.4 Å². The molecule has 0 atom stereocenters. The van der Waals surface area contributed by atoms with Gasteiger partial charge >= 0.3 is 0 Å². The molecule has 2 rings (SSSR count). The monoisotopic (exact) mass is 427 g/mol. The van der Waals surface area contributed by atoms with Crippen LogP contribution < -0.4 is 16.0 Å². The number of aryl methyl sites for hydroxylation is 1. The van der Waals surface area contributed by atoms with Gasteiger partial charge in [0.25, 0.3) is 5.91 Å². The quantitative estimate of drug-likeness (QED) is 0.301. The Morgan fingerprint density at radius 2 is 2.10 bits per heavy atom. The Kier molecular flexibility index (Phi) is 9.33. The van der Waals surface area contributed by atoms with Crippen molar-refractivity contribution in [2.45, 2.75) is 46.6 Å². The Hall–Kier alpha value is -3.07. The van der Waals surface area contributed by atoms with Crippen LogP contribution in [0.4, 0.5) is 11.5 Å². The van der Waals surface area contributed by atoms with Gasteiger partial charge in [0, 0.05) is 6.54 Å². The smallest absolute Gasteiger partial charge is 0.265 e. The van der Waals surface area contributed by atoms with Gasteiger partial charge in [0.15, 0.2) is 5.82 Å². The number of piperidine rings is 1. The minimum Gasteiger partial charge on any atom is -0.473 e. The highest BCUT2D eigenvalue weighted by Crippen LogP contribution is 2.27. The molecule has 9 heteroatoms. The zero-order valence-electron chi connectivity index (χ0n) is 18.9. The van der Waals surface area contributed by atoms with Crippen LogP contribution in [0.2, 0.25) is 0 Å². The number of carbonyl (C=O) groups is 1. The van der Waals surface area contributed by atoms with Crippen molar-refractivity contribution in [3.8, 4) is 0 Å². The fourth-order valence-electron chi connectivity index (χ4n) is 3.09. The molecule has 1 fully saturated rings. The van der Waals surface area contributed by atoms with Crippen molar-refractivity contribution in [3.05, 3.63) is 36.3 Å². The number of nitrogens with zero attached hydrogens (tertiary/aromatic N) is 4. The van der Waals surface area contributed by atoms with Crippen LogP contribution in [-0.4, -0.2) is 54.0 Å². The lowest BCUT2D eigenvalue weighted by Crippen LogP contribution is -2.38. The number of amides is 1. The zero-order chi connectivity index (χ0) is 22.8. The minimum absolute atomic E-state index is 0.0900. The van der Waals surface area contributed by atoms with E-state index in [1.54, 1.807) is 19.9 Å². The summed E-state index contributed by atoms with van der Waals surface area (Å²) in [6.45, 7) is 17.3. The molecular weight excluding hydrogens is 394 g/mol. The fraction of sp³-hybridized carbons (Fsp3) is 0.500. The third-order valence-corrected chi connectivity index (χ3v) is 4.80. The van der Waals surface area contributed by atoms with Gasteiger partial charge in [-0.1, -0.05) is 6.58 Å². The van der Waals surface area contributed by atoms with E-state index in [1.165, 1.54) is 6.33 Å². The normalized spacial score (nSPS) is 15.8. The van der Waals surface area contributed by atoms with Gasteiger partial charge < -0.3 is 20.7 Å². The summed E-state index contributed by atoms with van der Waals surface area (Å²) in [6, 6.07) is 0. The number of allylic oxidation sites excluding steroid dienone is 1. The maximum atomic E-state index is 12.6. The van der Waals surface area contributed by atoms with E-state index in [2.05, 4.69) is 49.2 Å². The average Bonchev–Trinajstić information content (AvgIpc) is 2.76. The number of hydrogen-bond acceptors (Lipinski definition) is 8. The van der Waals surface area contributed by atoms with Crippen molar-refractivity contribution in [1.29, 1.82) is 0 Å². The van der Waals surface area contributed by atoms with Crippen LogP contribution in [0.5, 0.6) is 0 Å². The molecule has 3 N–H and O–H groups in total. The Morgan fingerprint density at radius 1 is 1.39 bits per heavy atom. The summed E-state index contributed by atoms with van der Waals surface area (Å²) in [5.74, 6) is 1.00. The largest absolute Gasteiger partial charge is 0.473 e. The van der Waals surface area contributed by atoms with Crippen LogP contribution in [-0.2, 0) is 9.53 Å². The lowest BCUT2D eigenvalue weighted by atomic mass is 9.98. The van der Waals surface area contributed by atoms with E-state index in [0.717, 1.165) is 25.9 Å². The summed E-state index contributed by atoms with van der Waals surface area (Å²) in [5, 5.41) is 9.44. The van der Waals surface area contributed by atoms with Gasteiger partial charge in [0.2, 0.25) is 5.88 Å². The highest BCUT2D eigenvalue weighted by Gasteiger charge is 2.17. The predicted molar refractivity (Wildman–Crippen MR) is 125 cm³/mol. The number of aromatic nitrogens is 2. The summed E-state index contributed by atoms with van der Waals surface area (Å²) in [4.78, 5) is 29.5. The molecule has 0 aliphatic carbocycles. The van der Waals surface area contributed by atoms with Gasteiger partial charge in [-0.05, 0) is 72.3 Å². The molecule has 1 aliphatic heterocycles. The Labute approximate surface area is 184 Å². The lowest BCUT2D eigenvalue weighted by molar-refractivity contribution is -0.115. The average molecular weight is 428 g/mol. The molecule has 168 valence electrons. The standard InChI is InChI=1S/C22H33N7O2/c1-7-18(22(23-6)31-14(2)3)29-20-19(15(4)26-13-27-20)28-16(5)21(30)25-12-17-8-10-24-11-9-17/h7,13-14,17,24H,1,6,8-12H2,2-5H3,(H,25,30)(H,26,27,29)/b22-18-,28-16?. The van der Waals surface area contributed by atoms with E-state index in [9.17, 15) is 4.79 Å². The summed E-state index contributed by atoms with van der Waals surface area (Å²) in [6.07, 6.45) is 5.02. The van der Waals surface area contributed by atoms with Crippen molar-refractivity contribution in [2.75, 3.05) is 25.0 Å². The Morgan fingerprint density at radius 3 is 2.71 bits per heavy atom. The molecule has 0 bridgehead atoms. The number of ether oxygens (including phenoxy) is 1. The van der Waals surface area contributed by atoms with Crippen molar-refractivity contribution < 1.29 is 9.53 Å². The van der Waals surface area contributed by atoms with Crippen LogP contribution in [0.1, 0.15) is 39.3 Å². The van der Waals surface area contributed by atoms with E-state index < -0.39 is 0 Å². The van der Waals surface area contributed by atoms with Gasteiger partial charge in [-0.3, -0.25) is 4.79 Å². The lowest BCUT2D eigenvalue weighted by Gasteiger charge is -2.22. The van der Waals surface area contributed by atoms with E-state index in [0.29, 0.717) is 47.0 Å². The maximum Gasteiger partial charge on any atom is 0.265 e. The second-order valence-electron chi connectivity index (χ2n) is 7.63. The molecule has 1 aromatic heterocycles. The molecule has 0 saturated carbocycles. The van der Waals surface area contributed by atoms with Gasteiger partial charge in [-0.15, -0.1) is 0 Å². The highest BCUT2D eigenvalue weighted by atomic mass is 16.5. The van der Waals surface area contributed by atoms with Crippen LogP contribution in [0.25, 0.3) is 0 Å². The summed E-state index contributed by atoms with van der Waals surface area (Å²) in [5.41, 5.74) is 1.92. The first-order valence-electron chi connectivity index (χ1n) is 10.5. The van der Waals surface area contributed by atoms with Crippen LogP contribution >= 0.6 is 0 Å². The second-order valence-corrected chi connectivity index (χ2v) is 7.63. The summed E-state index contributed by atoms with van der Waals surface area (Å²) in [7, 11) is 0. The Bertz CT molecular complexity index is 855. The Balaban J connectivity index is 2.22. The van der Waals surface area contributed by atoms with Gasteiger partial charge in [0.05, 0.1) is 11.8 Å². The highest BCUT2D eigenvalue weighted by molar-refractivity contribution is 6.38. The third kappa shape index (κ3) is 7.29. The fourth-order valence-corrected chi connectivity index (χ4v) is 3.09. The van der Waals surface area contributed by atoms with E-state index in [4.69, 9.17) is 4.74 Å². The van der Waals surface area contributed by atoms with E-state index in [1.807, 2.05) is 13.8 Å². The minimum atomic E-state index is -0.205. The number of nitrogens with one attached hydrogen (secondary N) is 3. The number of carbonyl (C=O) groups excluding carboxylic acids is 1. The molecule has 0 spiro atoms. The molecule has 2 heterocycles. The first-order valence-corrected chi connectivity index (χ1v) is 10.5. The van der Waals surface area contributed by atoms with E-state index >= 15 is 0 Å². The SMILES string of the molecule is C=C/C(Nc1ncnc(C)c1N=C(C)C(=O)NCC1CCNCC1)=C(\N=C)OC(C)C. The van der Waals surface area contributed by atoms with Crippen molar-refractivity contribution >= 4 is 29.8 Å². The molecule has 0 unspecified atom stereocenters. The van der Waals surface area contributed by atoms with Crippen molar-refractivity contribution in [1.82, 2.24) is 20.6 Å². The first kappa shape index (κ1) is 24.2. The molecular formula is C22H33N7O2. The molecule has 1 aliphatic rings. The number of rotatable bonds is 10. The molecule has 1 aromatic rings. The van der Waals surface area contributed by atoms with Crippen molar-refractivity contribution in [3.63, 3.8) is 0 Å². The summed E-state index contributed by atoms with van der Waals surface area (Å²) < 4.78 is 5.67. The number of aliphatic imine (C=N–C) groups is 2. The third-order valence-electron chi connectivity index (χ3n) is 4.80. The predicted octanol–water partition coefficient (Wildman–Crippen LogP) is 2.89.